The Bertz CT molecular complexity index is 184. The molecule has 2 rings (SSSR count). The number of nitrogens with zero attached hydrogens (tertiary/aromatic N) is 1. The van der Waals surface area contributed by atoms with E-state index in [1.165, 1.54) is 5.71 Å². The van der Waals surface area contributed by atoms with Gasteiger partial charge in [-0.15, -0.1) is 0 Å². The highest BCUT2D eigenvalue weighted by Gasteiger charge is 2.19. The predicted molar refractivity (Wildman–Crippen MR) is 40.1 cm³/mol. The molecule has 0 radical (unpaired) electrons. The predicted octanol–water partition coefficient (Wildman–Crippen LogP) is 1.38. The van der Waals surface area contributed by atoms with Gasteiger partial charge in [-0.05, 0) is 6.42 Å². The Labute approximate surface area is 60.6 Å². The Kier molecular flexibility index (Phi) is 1.55. The molecule has 1 heterocycles. The van der Waals surface area contributed by atoms with Crippen LogP contribution in [0.15, 0.2) is 17.1 Å². The highest BCUT2D eigenvalue weighted by molar-refractivity contribution is 5.89. The van der Waals surface area contributed by atoms with Crippen molar-refractivity contribution >= 4 is 5.71 Å². The van der Waals surface area contributed by atoms with Crippen LogP contribution in [0.25, 0.3) is 0 Å². The van der Waals surface area contributed by atoms with Gasteiger partial charge in [0.25, 0.3) is 0 Å². The van der Waals surface area contributed by atoms with Crippen molar-refractivity contribution in [1.82, 2.24) is 0 Å². The molecule has 2 heteroatoms. The van der Waals surface area contributed by atoms with E-state index in [4.69, 9.17) is 4.74 Å². The molecule has 0 aromatic heterocycles. The van der Waals surface area contributed by atoms with Crippen molar-refractivity contribution in [2.45, 2.75) is 12.8 Å². The molecule has 0 aromatic rings. The van der Waals surface area contributed by atoms with Crippen molar-refractivity contribution in [3.8, 4) is 0 Å². The summed E-state index contributed by atoms with van der Waals surface area (Å²) >= 11 is 0. The maximum absolute atomic E-state index is 5.22. The average molecular weight is 137 g/mol. The van der Waals surface area contributed by atoms with Crippen molar-refractivity contribution in [2.24, 2.45) is 10.9 Å². The van der Waals surface area contributed by atoms with Crippen LogP contribution < -0.4 is 0 Å². The second-order valence-electron chi connectivity index (χ2n) is 2.76. The van der Waals surface area contributed by atoms with Gasteiger partial charge in [-0.2, -0.15) is 0 Å². The summed E-state index contributed by atoms with van der Waals surface area (Å²) in [6.45, 7) is 1.46. The molecule has 54 valence electrons. The minimum Gasteiger partial charge on any atom is -0.359 e. The lowest BCUT2D eigenvalue weighted by Crippen LogP contribution is -2.26. The number of aliphatic imine (C=N–C) groups is 1. The smallest absolute Gasteiger partial charge is 0.137 e. The second-order valence-corrected chi connectivity index (χ2v) is 2.76. The number of rotatable bonds is 0. The Morgan fingerprint density at radius 1 is 1.50 bits per heavy atom. The molecule has 1 atom stereocenters. The third-order valence-electron chi connectivity index (χ3n) is 2.06. The van der Waals surface area contributed by atoms with Crippen LogP contribution >= 0.6 is 0 Å². The van der Waals surface area contributed by atoms with Gasteiger partial charge in [-0.3, -0.25) is 4.99 Å². The van der Waals surface area contributed by atoms with Crippen LogP contribution in [0, 0.1) is 5.92 Å². The average Bonchev–Trinajstić information content (AvgIpc) is 2.05. The van der Waals surface area contributed by atoms with Crippen molar-refractivity contribution in [1.29, 1.82) is 0 Å². The maximum atomic E-state index is 5.22. The first kappa shape index (κ1) is 6.10. The zero-order valence-corrected chi connectivity index (χ0v) is 5.92. The number of ether oxygens (including phenoxy) is 1. The largest absolute Gasteiger partial charge is 0.359 e. The number of hydrogen-bond acceptors (Lipinski definition) is 2. The normalized spacial score (nSPS) is 31.2. The lowest BCUT2D eigenvalue weighted by molar-refractivity contribution is 0.111. The Morgan fingerprint density at radius 2 is 2.50 bits per heavy atom. The third kappa shape index (κ3) is 0.991. The SMILES string of the molecule is C1=CCC2COCN=C2C1. The van der Waals surface area contributed by atoms with Gasteiger partial charge in [0.05, 0.1) is 6.61 Å². The van der Waals surface area contributed by atoms with E-state index in [2.05, 4.69) is 17.1 Å². The molecule has 0 fully saturated rings. The Balaban J connectivity index is 2.17. The van der Waals surface area contributed by atoms with Crippen molar-refractivity contribution < 1.29 is 4.74 Å². The summed E-state index contributed by atoms with van der Waals surface area (Å²) in [7, 11) is 0. The maximum Gasteiger partial charge on any atom is 0.137 e. The van der Waals surface area contributed by atoms with E-state index >= 15 is 0 Å². The molecule has 2 nitrogen and oxygen atoms in total. The lowest BCUT2D eigenvalue weighted by atomic mass is 9.92. The summed E-state index contributed by atoms with van der Waals surface area (Å²) in [5.74, 6) is 0.596. The van der Waals surface area contributed by atoms with E-state index < -0.39 is 0 Å². The van der Waals surface area contributed by atoms with Crippen molar-refractivity contribution in [2.75, 3.05) is 13.3 Å². The van der Waals surface area contributed by atoms with E-state index in [-0.39, 0.29) is 0 Å². The van der Waals surface area contributed by atoms with Crippen LogP contribution in [0.3, 0.4) is 0 Å². The summed E-state index contributed by atoms with van der Waals surface area (Å²) < 4.78 is 5.22. The number of allylic oxidation sites excluding steroid dienone is 2. The van der Waals surface area contributed by atoms with Crippen LogP contribution in [0.4, 0.5) is 0 Å². The fourth-order valence-electron chi connectivity index (χ4n) is 1.45. The molecule has 2 aliphatic rings. The molecular weight excluding hydrogens is 126 g/mol. The monoisotopic (exact) mass is 137 g/mol. The third-order valence-corrected chi connectivity index (χ3v) is 2.06. The second kappa shape index (κ2) is 2.54. The van der Waals surface area contributed by atoms with Gasteiger partial charge in [0.15, 0.2) is 0 Å². The quantitative estimate of drug-likeness (QED) is 0.462. The molecular formula is C8H11NO. The van der Waals surface area contributed by atoms with Crippen LogP contribution in [-0.4, -0.2) is 19.0 Å². The zero-order valence-electron chi connectivity index (χ0n) is 5.92. The number of hydrogen-bond donors (Lipinski definition) is 0. The Hall–Kier alpha value is -0.630. The highest BCUT2D eigenvalue weighted by atomic mass is 16.5. The minimum atomic E-state index is 0.583. The molecule has 1 aliphatic heterocycles. The molecule has 0 spiro atoms. The van der Waals surface area contributed by atoms with Gasteiger partial charge in [0, 0.05) is 18.1 Å². The fourth-order valence-corrected chi connectivity index (χ4v) is 1.45. The van der Waals surface area contributed by atoms with Gasteiger partial charge in [0.2, 0.25) is 0 Å². The van der Waals surface area contributed by atoms with Crippen LogP contribution in [-0.2, 0) is 4.74 Å². The fraction of sp³-hybridized carbons (Fsp3) is 0.625. The first-order chi connectivity index (χ1) is 4.97. The Morgan fingerprint density at radius 3 is 3.40 bits per heavy atom. The van der Waals surface area contributed by atoms with E-state index in [1.807, 2.05) is 0 Å². The molecule has 0 saturated carbocycles. The van der Waals surface area contributed by atoms with Gasteiger partial charge < -0.3 is 4.74 Å². The minimum absolute atomic E-state index is 0.583. The molecule has 0 aromatic carbocycles. The summed E-state index contributed by atoms with van der Waals surface area (Å²) in [4.78, 5) is 4.29. The highest BCUT2D eigenvalue weighted by Crippen LogP contribution is 2.19. The van der Waals surface area contributed by atoms with Gasteiger partial charge >= 0.3 is 0 Å². The van der Waals surface area contributed by atoms with E-state index in [0.29, 0.717) is 12.6 Å². The van der Waals surface area contributed by atoms with Gasteiger partial charge in [0.1, 0.15) is 6.73 Å². The first-order valence-corrected chi connectivity index (χ1v) is 3.73. The summed E-state index contributed by atoms with van der Waals surface area (Å²) in [5.41, 5.74) is 1.34. The van der Waals surface area contributed by atoms with Crippen LogP contribution in [0.2, 0.25) is 0 Å². The molecule has 1 aliphatic carbocycles. The van der Waals surface area contributed by atoms with E-state index in [9.17, 15) is 0 Å². The molecule has 0 N–H and O–H groups in total. The van der Waals surface area contributed by atoms with Crippen LogP contribution in [0.1, 0.15) is 12.8 Å². The molecule has 10 heavy (non-hydrogen) atoms. The molecule has 1 unspecified atom stereocenters. The summed E-state index contributed by atoms with van der Waals surface area (Å²) in [6, 6.07) is 0. The van der Waals surface area contributed by atoms with E-state index in [0.717, 1.165) is 19.4 Å². The van der Waals surface area contributed by atoms with E-state index in [1.54, 1.807) is 0 Å². The first-order valence-electron chi connectivity index (χ1n) is 3.73. The number of fused-ring (bicyclic) bond motifs is 1. The molecule has 0 bridgehead atoms. The van der Waals surface area contributed by atoms with Crippen LogP contribution in [0.5, 0.6) is 0 Å². The zero-order chi connectivity index (χ0) is 6.81. The van der Waals surface area contributed by atoms with Crippen molar-refractivity contribution in [3.05, 3.63) is 12.2 Å². The lowest BCUT2D eigenvalue weighted by Gasteiger charge is -2.23. The van der Waals surface area contributed by atoms with Crippen molar-refractivity contribution in [3.63, 3.8) is 0 Å². The topological polar surface area (TPSA) is 21.6 Å². The molecule has 0 amide bonds. The standard InChI is InChI=1S/C8H11NO/c1-2-4-8-7(3-1)5-10-6-9-8/h1-2,7H,3-6H2. The summed E-state index contributed by atoms with van der Waals surface area (Å²) in [5, 5.41) is 0. The molecule has 0 saturated heterocycles. The van der Waals surface area contributed by atoms with Gasteiger partial charge in [-0.1, -0.05) is 12.2 Å². The summed E-state index contributed by atoms with van der Waals surface area (Å²) in [6.07, 6.45) is 6.59. The van der Waals surface area contributed by atoms with Gasteiger partial charge in [-0.25, -0.2) is 0 Å².